The predicted octanol–water partition coefficient (Wildman–Crippen LogP) is -0.0542. The molecule has 138 valence electrons. The third kappa shape index (κ3) is 4.08. The maximum atomic E-state index is 12.6. The van der Waals surface area contributed by atoms with Crippen molar-refractivity contribution >= 4 is 28.3 Å². The van der Waals surface area contributed by atoms with Crippen molar-refractivity contribution in [2.75, 3.05) is 20.1 Å². The number of halogens is 1. The van der Waals surface area contributed by atoms with Gasteiger partial charge < -0.3 is 10.2 Å². The Labute approximate surface area is 149 Å². The van der Waals surface area contributed by atoms with Crippen LogP contribution in [0.5, 0.6) is 0 Å². The number of nitrogens with one attached hydrogen (secondary N) is 2. The standard InChI is InChI=1S/C14H25N5O3S.ClH/c1-9-13(11(3)19(5)16-9)23(21,22)17-10(2)14(20)18(4)12-6-7-15-8-12;/h10,12,15,17H,6-8H2,1-5H3;1H. The molecule has 1 aromatic heterocycles. The van der Waals surface area contributed by atoms with E-state index in [4.69, 9.17) is 0 Å². The first kappa shape index (κ1) is 20.9. The molecule has 0 bridgehead atoms. The summed E-state index contributed by atoms with van der Waals surface area (Å²) in [7, 11) is -0.394. The monoisotopic (exact) mass is 379 g/mol. The third-order valence-electron chi connectivity index (χ3n) is 4.34. The summed E-state index contributed by atoms with van der Waals surface area (Å²) < 4.78 is 29.2. The molecule has 0 aromatic carbocycles. The van der Waals surface area contributed by atoms with Crippen molar-refractivity contribution in [2.24, 2.45) is 7.05 Å². The van der Waals surface area contributed by atoms with Crippen LogP contribution in [0.3, 0.4) is 0 Å². The topological polar surface area (TPSA) is 96.3 Å². The van der Waals surface area contributed by atoms with Crippen LogP contribution in [-0.2, 0) is 21.9 Å². The van der Waals surface area contributed by atoms with Gasteiger partial charge in [-0.15, -0.1) is 12.4 Å². The van der Waals surface area contributed by atoms with Crippen LogP contribution in [-0.4, -0.2) is 61.2 Å². The molecule has 2 heterocycles. The highest BCUT2D eigenvalue weighted by atomic mass is 35.5. The Morgan fingerprint density at radius 1 is 1.46 bits per heavy atom. The van der Waals surface area contributed by atoms with Gasteiger partial charge in [0.25, 0.3) is 0 Å². The van der Waals surface area contributed by atoms with Gasteiger partial charge in [-0.1, -0.05) is 0 Å². The smallest absolute Gasteiger partial charge is 0.244 e. The van der Waals surface area contributed by atoms with E-state index >= 15 is 0 Å². The number of likely N-dealkylation sites (N-methyl/N-ethyl adjacent to an activating group) is 1. The molecular weight excluding hydrogens is 354 g/mol. The fourth-order valence-electron chi connectivity index (χ4n) is 2.94. The summed E-state index contributed by atoms with van der Waals surface area (Å²) >= 11 is 0. The molecule has 10 heteroatoms. The van der Waals surface area contributed by atoms with E-state index in [0.717, 1.165) is 19.5 Å². The second kappa shape index (κ2) is 7.81. The Kier molecular flexibility index (Phi) is 6.80. The van der Waals surface area contributed by atoms with Crippen molar-refractivity contribution in [2.45, 2.75) is 44.2 Å². The molecule has 1 aliphatic rings. The Morgan fingerprint density at radius 3 is 2.54 bits per heavy atom. The highest BCUT2D eigenvalue weighted by molar-refractivity contribution is 7.89. The zero-order valence-corrected chi connectivity index (χ0v) is 16.3. The van der Waals surface area contributed by atoms with E-state index in [1.165, 1.54) is 4.68 Å². The molecule has 0 radical (unpaired) electrons. The molecule has 1 aliphatic heterocycles. The first-order chi connectivity index (χ1) is 10.6. The summed E-state index contributed by atoms with van der Waals surface area (Å²) in [5.74, 6) is -0.235. The van der Waals surface area contributed by atoms with Crippen molar-refractivity contribution in [1.82, 2.24) is 24.7 Å². The molecule has 1 fully saturated rings. The van der Waals surface area contributed by atoms with E-state index < -0.39 is 16.1 Å². The van der Waals surface area contributed by atoms with Crippen LogP contribution < -0.4 is 10.0 Å². The van der Waals surface area contributed by atoms with Crippen molar-refractivity contribution in [3.05, 3.63) is 11.4 Å². The normalized spacial score (nSPS) is 19.0. The largest absolute Gasteiger partial charge is 0.340 e. The lowest BCUT2D eigenvalue weighted by atomic mass is 10.2. The molecule has 2 atom stereocenters. The molecule has 2 unspecified atom stereocenters. The molecule has 8 nitrogen and oxygen atoms in total. The van der Waals surface area contributed by atoms with Gasteiger partial charge in [0.1, 0.15) is 4.90 Å². The minimum Gasteiger partial charge on any atom is -0.340 e. The van der Waals surface area contributed by atoms with Crippen LogP contribution in [0.15, 0.2) is 4.90 Å². The van der Waals surface area contributed by atoms with E-state index in [9.17, 15) is 13.2 Å². The van der Waals surface area contributed by atoms with Gasteiger partial charge in [-0.2, -0.15) is 9.82 Å². The van der Waals surface area contributed by atoms with Crippen LogP contribution in [0.2, 0.25) is 0 Å². The number of carbonyl (C=O) groups excluding carboxylic acids is 1. The van der Waals surface area contributed by atoms with Crippen molar-refractivity contribution < 1.29 is 13.2 Å². The van der Waals surface area contributed by atoms with Crippen molar-refractivity contribution in [3.8, 4) is 0 Å². The number of hydrogen-bond donors (Lipinski definition) is 2. The van der Waals surface area contributed by atoms with Crippen LogP contribution >= 0.6 is 12.4 Å². The number of carbonyl (C=O) groups is 1. The first-order valence-electron chi connectivity index (χ1n) is 7.65. The summed E-state index contributed by atoms with van der Waals surface area (Å²) in [6.45, 7) is 6.51. The Morgan fingerprint density at radius 2 is 2.08 bits per heavy atom. The number of nitrogens with zero attached hydrogens (tertiary/aromatic N) is 3. The number of sulfonamides is 1. The van der Waals surface area contributed by atoms with Gasteiger partial charge in [-0.25, -0.2) is 8.42 Å². The van der Waals surface area contributed by atoms with Gasteiger partial charge in [0.05, 0.1) is 17.4 Å². The molecule has 24 heavy (non-hydrogen) atoms. The average Bonchev–Trinajstić information content (AvgIpc) is 3.06. The van der Waals surface area contributed by atoms with Gasteiger partial charge in [0.2, 0.25) is 15.9 Å². The summed E-state index contributed by atoms with van der Waals surface area (Å²) in [6.07, 6.45) is 0.878. The highest BCUT2D eigenvalue weighted by Gasteiger charge is 2.31. The molecule has 1 amide bonds. The van der Waals surface area contributed by atoms with Crippen LogP contribution in [0.4, 0.5) is 0 Å². The molecule has 0 aliphatic carbocycles. The first-order valence-corrected chi connectivity index (χ1v) is 9.13. The molecule has 0 spiro atoms. The Balaban J connectivity index is 0.00000288. The Hall–Kier alpha value is -1.16. The molecule has 2 N–H and O–H groups in total. The zero-order valence-electron chi connectivity index (χ0n) is 14.7. The molecule has 0 saturated carbocycles. The van der Waals surface area contributed by atoms with Crippen molar-refractivity contribution in [3.63, 3.8) is 0 Å². The van der Waals surface area contributed by atoms with Gasteiger partial charge >= 0.3 is 0 Å². The lowest BCUT2D eigenvalue weighted by molar-refractivity contribution is -0.133. The maximum absolute atomic E-state index is 12.6. The summed E-state index contributed by atoms with van der Waals surface area (Å²) in [5.41, 5.74) is 0.966. The SMILES string of the molecule is Cc1nn(C)c(C)c1S(=O)(=O)NC(C)C(=O)N(C)C1CCNC1.Cl. The second-order valence-corrected chi connectivity index (χ2v) is 7.71. The van der Waals surface area contributed by atoms with Crippen molar-refractivity contribution in [1.29, 1.82) is 0 Å². The summed E-state index contributed by atoms with van der Waals surface area (Å²) in [5, 5.41) is 7.32. The van der Waals surface area contributed by atoms with E-state index in [0.29, 0.717) is 11.4 Å². The van der Waals surface area contributed by atoms with Crippen LogP contribution in [0, 0.1) is 13.8 Å². The average molecular weight is 380 g/mol. The van der Waals surface area contributed by atoms with Gasteiger partial charge in [0.15, 0.2) is 0 Å². The highest BCUT2D eigenvalue weighted by Crippen LogP contribution is 2.19. The van der Waals surface area contributed by atoms with E-state index in [-0.39, 0.29) is 29.3 Å². The second-order valence-electron chi connectivity index (χ2n) is 6.06. The number of aromatic nitrogens is 2. The van der Waals surface area contributed by atoms with Crippen LogP contribution in [0.1, 0.15) is 24.7 Å². The van der Waals surface area contributed by atoms with Gasteiger partial charge in [-0.05, 0) is 33.7 Å². The zero-order chi connectivity index (χ0) is 17.4. The predicted molar refractivity (Wildman–Crippen MR) is 93.8 cm³/mol. The quantitative estimate of drug-likeness (QED) is 0.747. The molecule has 2 rings (SSSR count). The molecule has 1 aromatic rings. The lowest BCUT2D eigenvalue weighted by Gasteiger charge is -2.27. The fraction of sp³-hybridized carbons (Fsp3) is 0.714. The van der Waals surface area contributed by atoms with E-state index in [2.05, 4.69) is 15.1 Å². The van der Waals surface area contributed by atoms with Gasteiger partial charge in [0, 0.05) is 26.7 Å². The molecular formula is C14H26ClN5O3S. The lowest BCUT2D eigenvalue weighted by Crippen LogP contribution is -2.49. The number of amides is 1. The number of hydrogen-bond acceptors (Lipinski definition) is 5. The number of rotatable bonds is 5. The van der Waals surface area contributed by atoms with Gasteiger partial charge in [-0.3, -0.25) is 9.48 Å². The summed E-state index contributed by atoms with van der Waals surface area (Å²) in [6, 6.07) is -0.721. The molecule has 1 saturated heterocycles. The fourth-order valence-corrected chi connectivity index (χ4v) is 4.58. The minimum atomic E-state index is -3.80. The Bertz CT molecular complexity index is 698. The third-order valence-corrected chi connectivity index (χ3v) is 6.14. The number of aryl methyl sites for hydroxylation is 2. The maximum Gasteiger partial charge on any atom is 0.244 e. The van der Waals surface area contributed by atoms with E-state index in [1.54, 1.807) is 39.8 Å². The van der Waals surface area contributed by atoms with E-state index in [1.807, 2.05) is 0 Å². The van der Waals surface area contributed by atoms with Crippen LogP contribution in [0.25, 0.3) is 0 Å². The minimum absolute atomic E-state index is 0. The summed E-state index contributed by atoms with van der Waals surface area (Å²) in [4.78, 5) is 14.2.